The van der Waals surface area contributed by atoms with E-state index in [1.165, 1.54) is 11.3 Å². The van der Waals surface area contributed by atoms with Crippen LogP contribution in [0.3, 0.4) is 0 Å². The van der Waals surface area contributed by atoms with E-state index in [-0.39, 0.29) is 11.8 Å². The van der Waals surface area contributed by atoms with Crippen LogP contribution in [0.25, 0.3) is 0 Å². The lowest BCUT2D eigenvalue weighted by Gasteiger charge is -2.38. The van der Waals surface area contributed by atoms with Crippen LogP contribution in [0, 0.1) is 6.92 Å². The standard InChI is InChI=1S/C23H32N4O2S/c1-4-13-27(16-21(28)25-23-24-20(5-2)17(3)30-23)19-11-14-26(15-12-19)22(29)18-9-7-6-8-10-18/h6-10,19H,4-5,11-16H2,1-3H3,(H,24,25,28). The van der Waals surface area contributed by atoms with Gasteiger partial charge in [-0.2, -0.15) is 0 Å². The number of nitrogens with zero attached hydrogens (tertiary/aromatic N) is 3. The quantitative estimate of drug-likeness (QED) is 0.691. The largest absolute Gasteiger partial charge is 0.339 e. The van der Waals surface area contributed by atoms with Gasteiger partial charge in [0.25, 0.3) is 5.91 Å². The lowest BCUT2D eigenvalue weighted by molar-refractivity contribution is -0.118. The molecule has 1 aromatic carbocycles. The van der Waals surface area contributed by atoms with Crippen LogP contribution < -0.4 is 5.32 Å². The van der Waals surface area contributed by atoms with Crippen molar-refractivity contribution in [3.63, 3.8) is 0 Å². The highest BCUT2D eigenvalue weighted by Crippen LogP contribution is 2.23. The van der Waals surface area contributed by atoms with E-state index in [1.54, 1.807) is 0 Å². The molecule has 1 aliphatic heterocycles. The molecule has 0 bridgehead atoms. The van der Waals surface area contributed by atoms with Crippen molar-refractivity contribution >= 4 is 28.3 Å². The zero-order valence-corrected chi connectivity index (χ0v) is 19.0. The Morgan fingerprint density at radius 2 is 1.90 bits per heavy atom. The fourth-order valence-corrected chi connectivity index (χ4v) is 4.95. The van der Waals surface area contributed by atoms with Gasteiger partial charge in [-0.3, -0.25) is 14.5 Å². The van der Waals surface area contributed by atoms with Gasteiger partial charge < -0.3 is 10.2 Å². The van der Waals surface area contributed by atoms with Crippen LogP contribution in [0.4, 0.5) is 5.13 Å². The Morgan fingerprint density at radius 1 is 1.20 bits per heavy atom. The molecule has 2 amide bonds. The molecule has 0 unspecified atom stereocenters. The van der Waals surface area contributed by atoms with E-state index >= 15 is 0 Å². The summed E-state index contributed by atoms with van der Waals surface area (Å²) in [6.07, 6.45) is 3.65. The van der Waals surface area contributed by atoms with Gasteiger partial charge >= 0.3 is 0 Å². The van der Waals surface area contributed by atoms with Crippen LogP contribution in [-0.2, 0) is 11.2 Å². The van der Waals surface area contributed by atoms with Gasteiger partial charge in [0.15, 0.2) is 5.13 Å². The smallest absolute Gasteiger partial charge is 0.253 e. The number of nitrogens with one attached hydrogen (secondary N) is 1. The third kappa shape index (κ3) is 5.67. The molecule has 162 valence electrons. The van der Waals surface area contributed by atoms with Crippen LogP contribution in [0.5, 0.6) is 0 Å². The number of hydrogen-bond donors (Lipinski definition) is 1. The summed E-state index contributed by atoms with van der Waals surface area (Å²) in [6.45, 7) is 8.95. The first kappa shape index (κ1) is 22.4. The molecule has 0 aliphatic carbocycles. The maximum Gasteiger partial charge on any atom is 0.253 e. The second kappa shape index (κ2) is 10.7. The summed E-state index contributed by atoms with van der Waals surface area (Å²) < 4.78 is 0. The van der Waals surface area contributed by atoms with Gasteiger partial charge in [-0.1, -0.05) is 32.0 Å². The molecule has 3 rings (SSSR count). The first-order valence-electron chi connectivity index (χ1n) is 10.9. The molecule has 0 saturated carbocycles. The number of aromatic nitrogens is 1. The number of benzene rings is 1. The van der Waals surface area contributed by atoms with Crippen LogP contribution >= 0.6 is 11.3 Å². The molecule has 2 aromatic rings. The van der Waals surface area contributed by atoms with Crippen molar-refractivity contribution in [1.82, 2.24) is 14.8 Å². The number of thiazole rings is 1. The van der Waals surface area contributed by atoms with E-state index in [0.29, 0.717) is 17.7 Å². The zero-order chi connectivity index (χ0) is 21.5. The number of rotatable bonds is 8. The van der Waals surface area contributed by atoms with Crippen LogP contribution in [0.1, 0.15) is 54.0 Å². The number of likely N-dealkylation sites (tertiary alicyclic amines) is 1. The van der Waals surface area contributed by atoms with Crippen molar-refractivity contribution in [2.75, 3.05) is 31.5 Å². The topological polar surface area (TPSA) is 65.5 Å². The van der Waals surface area contributed by atoms with E-state index in [0.717, 1.165) is 61.5 Å². The summed E-state index contributed by atoms with van der Waals surface area (Å²) in [6, 6.07) is 9.77. The number of aryl methyl sites for hydroxylation is 2. The Hall–Kier alpha value is -2.25. The van der Waals surface area contributed by atoms with Gasteiger partial charge in [-0.05, 0) is 51.3 Å². The first-order chi connectivity index (χ1) is 14.5. The van der Waals surface area contributed by atoms with Gasteiger partial charge in [-0.25, -0.2) is 4.98 Å². The molecule has 7 heteroatoms. The van der Waals surface area contributed by atoms with Gasteiger partial charge in [0.1, 0.15) is 0 Å². The Kier molecular flexibility index (Phi) is 7.99. The minimum absolute atomic E-state index is 0.0114. The number of anilines is 1. The summed E-state index contributed by atoms with van der Waals surface area (Å²) in [5.74, 6) is 0.0855. The maximum atomic E-state index is 12.7. The fourth-order valence-electron chi connectivity index (χ4n) is 4.03. The number of carbonyl (C=O) groups excluding carboxylic acids is 2. The van der Waals surface area contributed by atoms with Crippen LogP contribution in [-0.4, -0.2) is 58.8 Å². The van der Waals surface area contributed by atoms with Gasteiger partial charge in [0.05, 0.1) is 12.2 Å². The zero-order valence-electron chi connectivity index (χ0n) is 18.2. The molecule has 30 heavy (non-hydrogen) atoms. The Balaban J connectivity index is 1.54. The van der Waals surface area contributed by atoms with E-state index < -0.39 is 0 Å². The molecular formula is C23H32N4O2S. The summed E-state index contributed by atoms with van der Waals surface area (Å²) >= 11 is 1.54. The summed E-state index contributed by atoms with van der Waals surface area (Å²) in [5, 5.41) is 3.67. The highest BCUT2D eigenvalue weighted by atomic mass is 32.1. The van der Waals surface area contributed by atoms with Crippen molar-refractivity contribution in [2.45, 2.75) is 52.5 Å². The van der Waals surface area contributed by atoms with E-state index in [9.17, 15) is 9.59 Å². The highest BCUT2D eigenvalue weighted by Gasteiger charge is 2.28. The van der Waals surface area contributed by atoms with Crippen LogP contribution in [0.15, 0.2) is 30.3 Å². The molecule has 1 aliphatic rings. The number of amides is 2. The maximum absolute atomic E-state index is 12.7. The van der Waals surface area contributed by atoms with Gasteiger partial charge in [0, 0.05) is 29.6 Å². The minimum atomic E-state index is -0.0114. The lowest BCUT2D eigenvalue weighted by atomic mass is 10.0. The van der Waals surface area contributed by atoms with Crippen LogP contribution in [0.2, 0.25) is 0 Å². The van der Waals surface area contributed by atoms with E-state index in [1.807, 2.05) is 42.2 Å². The Labute approximate surface area is 183 Å². The minimum Gasteiger partial charge on any atom is -0.339 e. The monoisotopic (exact) mass is 428 g/mol. The van der Waals surface area contributed by atoms with E-state index in [2.05, 4.69) is 29.0 Å². The molecule has 0 spiro atoms. The highest BCUT2D eigenvalue weighted by molar-refractivity contribution is 7.15. The van der Waals surface area contributed by atoms with Gasteiger partial charge in [-0.15, -0.1) is 11.3 Å². The predicted octanol–water partition coefficient (Wildman–Crippen LogP) is 3.97. The first-order valence-corrected chi connectivity index (χ1v) is 11.7. The number of hydrogen-bond acceptors (Lipinski definition) is 5. The van der Waals surface area contributed by atoms with Crippen molar-refractivity contribution < 1.29 is 9.59 Å². The number of carbonyl (C=O) groups is 2. The van der Waals surface area contributed by atoms with Crippen molar-refractivity contribution in [1.29, 1.82) is 0 Å². The van der Waals surface area contributed by atoms with Gasteiger partial charge in [0.2, 0.25) is 5.91 Å². The Bertz CT molecular complexity index is 844. The van der Waals surface area contributed by atoms with Crippen molar-refractivity contribution in [3.05, 3.63) is 46.5 Å². The average Bonchev–Trinajstić information content (AvgIpc) is 3.12. The molecular weight excluding hydrogens is 396 g/mol. The number of piperidine rings is 1. The Morgan fingerprint density at radius 3 is 2.50 bits per heavy atom. The molecule has 0 radical (unpaired) electrons. The predicted molar refractivity (Wildman–Crippen MR) is 122 cm³/mol. The molecule has 1 fully saturated rings. The molecule has 0 atom stereocenters. The molecule has 1 N–H and O–H groups in total. The van der Waals surface area contributed by atoms with Crippen molar-refractivity contribution in [2.24, 2.45) is 0 Å². The SMILES string of the molecule is CCCN(CC(=O)Nc1nc(CC)c(C)s1)C1CCN(C(=O)c2ccccc2)CC1. The third-order valence-corrected chi connectivity index (χ3v) is 6.55. The summed E-state index contributed by atoms with van der Waals surface area (Å²) in [4.78, 5) is 35.2. The normalized spacial score (nSPS) is 14.9. The molecule has 2 heterocycles. The second-order valence-corrected chi connectivity index (χ2v) is 8.99. The molecule has 6 nitrogen and oxygen atoms in total. The molecule has 1 saturated heterocycles. The van der Waals surface area contributed by atoms with E-state index in [4.69, 9.17) is 0 Å². The third-order valence-electron chi connectivity index (χ3n) is 5.62. The fraction of sp³-hybridized carbons (Fsp3) is 0.522. The lowest BCUT2D eigenvalue weighted by Crippen LogP contribution is -2.49. The second-order valence-electron chi connectivity index (χ2n) is 7.78. The average molecular weight is 429 g/mol. The van der Waals surface area contributed by atoms with Crippen molar-refractivity contribution in [3.8, 4) is 0 Å². The summed E-state index contributed by atoms with van der Waals surface area (Å²) in [7, 11) is 0. The summed E-state index contributed by atoms with van der Waals surface area (Å²) in [5.41, 5.74) is 1.79. The molecule has 1 aromatic heterocycles.